The molecule has 1 aliphatic rings. The van der Waals surface area contributed by atoms with Gasteiger partial charge in [0.2, 0.25) is 0 Å². The molecule has 0 bridgehead atoms. The second kappa shape index (κ2) is 8.14. The molecular weight excluding hydrogens is 324 g/mol. The van der Waals surface area contributed by atoms with Crippen LogP contribution in [0.25, 0.3) is 0 Å². The monoisotopic (exact) mass is 346 g/mol. The molecule has 1 fully saturated rings. The van der Waals surface area contributed by atoms with Crippen LogP contribution < -0.4 is 0 Å². The first-order valence-corrected chi connectivity index (χ1v) is 8.92. The summed E-state index contributed by atoms with van der Waals surface area (Å²) in [5, 5.41) is 21.0. The van der Waals surface area contributed by atoms with E-state index in [1.807, 2.05) is 60.7 Å². The molecule has 5 atom stereocenters. The van der Waals surface area contributed by atoms with Gasteiger partial charge in [0.25, 0.3) is 0 Å². The van der Waals surface area contributed by atoms with Gasteiger partial charge in [0, 0.05) is 4.90 Å². The van der Waals surface area contributed by atoms with Crippen LogP contribution in [0.3, 0.4) is 0 Å². The Bertz CT molecular complexity index is 622. The van der Waals surface area contributed by atoms with Crippen LogP contribution in [0.1, 0.15) is 12.5 Å². The number of aliphatic hydroxyl groups is 2. The smallest absolute Gasteiger partial charge is 0.136 e. The number of thioether (sulfide) groups is 1. The van der Waals surface area contributed by atoms with E-state index in [9.17, 15) is 10.2 Å². The fraction of sp³-hybridized carbons (Fsp3) is 0.368. The lowest BCUT2D eigenvalue weighted by Gasteiger charge is -2.41. The molecule has 3 rings (SSSR count). The van der Waals surface area contributed by atoms with Crippen LogP contribution in [-0.2, 0) is 16.1 Å². The van der Waals surface area contributed by atoms with Crippen molar-refractivity contribution in [3.05, 3.63) is 66.2 Å². The van der Waals surface area contributed by atoms with Crippen LogP contribution in [-0.4, -0.2) is 40.1 Å². The molecule has 0 aliphatic carbocycles. The van der Waals surface area contributed by atoms with Crippen molar-refractivity contribution in [1.29, 1.82) is 0 Å². The summed E-state index contributed by atoms with van der Waals surface area (Å²) in [4.78, 5) is 1.01. The number of hydrogen-bond acceptors (Lipinski definition) is 5. The predicted molar refractivity (Wildman–Crippen MR) is 93.7 cm³/mol. The molecule has 1 heterocycles. The van der Waals surface area contributed by atoms with Gasteiger partial charge >= 0.3 is 0 Å². The van der Waals surface area contributed by atoms with E-state index in [1.54, 1.807) is 6.92 Å². The number of aliphatic hydroxyl groups excluding tert-OH is 2. The van der Waals surface area contributed by atoms with Crippen LogP contribution in [0.5, 0.6) is 0 Å². The molecule has 2 aromatic carbocycles. The first kappa shape index (κ1) is 17.5. The molecule has 24 heavy (non-hydrogen) atoms. The molecule has 0 saturated carbocycles. The minimum absolute atomic E-state index is 0.342. The maximum Gasteiger partial charge on any atom is 0.136 e. The van der Waals surface area contributed by atoms with Crippen LogP contribution in [0, 0.1) is 0 Å². The first-order chi connectivity index (χ1) is 11.6. The summed E-state index contributed by atoms with van der Waals surface area (Å²) >= 11 is 1.44. The summed E-state index contributed by atoms with van der Waals surface area (Å²) in [5.41, 5.74) is 0.523. The third-order valence-corrected chi connectivity index (χ3v) is 5.23. The topological polar surface area (TPSA) is 58.9 Å². The first-order valence-electron chi connectivity index (χ1n) is 8.04. The van der Waals surface area contributed by atoms with Gasteiger partial charge in [0.15, 0.2) is 0 Å². The quantitative estimate of drug-likeness (QED) is 0.872. The Morgan fingerprint density at radius 3 is 2.25 bits per heavy atom. The lowest BCUT2D eigenvalue weighted by molar-refractivity contribution is -0.212. The van der Waals surface area contributed by atoms with Gasteiger partial charge in [0.1, 0.15) is 23.7 Å². The SMILES string of the molecule is C[C@@H]1O[C@@H](Sc2ccccc2)[C@H](O)[C@H](OCc2ccccc2)[C@H]1O. The van der Waals surface area contributed by atoms with E-state index in [-0.39, 0.29) is 0 Å². The number of ether oxygens (including phenoxy) is 2. The van der Waals surface area contributed by atoms with E-state index in [1.165, 1.54) is 11.8 Å². The van der Waals surface area contributed by atoms with Crippen LogP contribution in [0.2, 0.25) is 0 Å². The molecule has 5 heteroatoms. The Morgan fingerprint density at radius 2 is 1.58 bits per heavy atom. The molecule has 1 saturated heterocycles. The van der Waals surface area contributed by atoms with Gasteiger partial charge in [-0.3, -0.25) is 0 Å². The van der Waals surface area contributed by atoms with Gasteiger partial charge in [-0.1, -0.05) is 60.3 Å². The van der Waals surface area contributed by atoms with Gasteiger partial charge in [-0.25, -0.2) is 0 Å². The fourth-order valence-corrected chi connectivity index (χ4v) is 3.80. The molecular formula is C19H22O4S. The summed E-state index contributed by atoms with van der Waals surface area (Å²) in [6.45, 7) is 2.14. The highest BCUT2D eigenvalue weighted by molar-refractivity contribution is 7.99. The Kier molecular flexibility index (Phi) is 5.92. The molecule has 0 aromatic heterocycles. The Hall–Kier alpha value is -1.37. The minimum Gasteiger partial charge on any atom is -0.388 e. The second-order valence-electron chi connectivity index (χ2n) is 5.88. The molecule has 0 spiro atoms. The van der Waals surface area contributed by atoms with E-state index in [4.69, 9.17) is 9.47 Å². The van der Waals surface area contributed by atoms with Crippen LogP contribution in [0.15, 0.2) is 65.6 Å². The summed E-state index contributed by atoms with van der Waals surface area (Å²) in [5.74, 6) is 0. The van der Waals surface area contributed by atoms with Gasteiger partial charge in [-0.05, 0) is 24.6 Å². The molecule has 128 valence electrons. The van der Waals surface area contributed by atoms with Crippen molar-refractivity contribution in [3.63, 3.8) is 0 Å². The van der Waals surface area contributed by atoms with Crippen LogP contribution in [0.4, 0.5) is 0 Å². The summed E-state index contributed by atoms with van der Waals surface area (Å²) in [6, 6.07) is 19.5. The van der Waals surface area contributed by atoms with Crippen molar-refractivity contribution in [3.8, 4) is 0 Å². The Balaban J connectivity index is 1.67. The van der Waals surface area contributed by atoms with E-state index >= 15 is 0 Å². The molecule has 0 radical (unpaired) electrons. The van der Waals surface area contributed by atoms with Crippen LogP contribution >= 0.6 is 11.8 Å². The molecule has 4 nitrogen and oxygen atoms in total. The van der Waals surface area contributed by atoms with Crippen molar-refractivity contribution in [2.24, 2.45) is 0 Å². The van der Waals surface area contributed by atoms with Crippen molar-refractivity contribution >= 4 is 11.8 Å². The molecule has 2 aromatic rings. The van der Waals surface area contributed by atoms with Crippen molar-refractivity contribution in [2.75, 3.05) is 0 Å². The van der Waals surface area contributed by atoms with Crippen molar-refractivity contribution in [2.45, 2.75) is 48.3 Å². The zero-order valence-electron chi connectivity index (χ0n) is 13.5. The molecule has 0 unspecified atom stereocenters. The van der Waals surface area contributed by atoms with Crippen molar-refractivity contribution < 1.29 is 19.7 Å². The number of benzene rings is 2. The molecule has 0 amide bonds. The highest BCUT2D eigenvalue weighted by Gasteiger charge is 2.43. The average Bonchev–Trinajstić information content (AvgIpc) is 2.61. The van der Waals surface area contributed by atoms with Gasteiger partial charge in [0.05, 0.1) is 12.7 Å². The van der Waals surface area contributed by atoms with Gasteiger partial charge < -0.3 is 19.7 Å². The Labute approximate surface area is 146 Å². The third kappa shape index (κ3) is 4.18. The maximum atomic E-state index is 10.6. The van der Waals surface area contributed by atoms with E-state index < -0.39 is 29.9 Å². The summed E-state index contributed by atoms with van der Waals surface area (Å²) in [7, 11) is 0. The predicted octanol–water partition coefficient (Wildman–Crippen LogP) is 2.83. The van der Waals surface area contributed by atoms with E-state index in [0.29, 0.717) is 6.61 Å². The minimum atomic E-state index is -0.912. The average molecular weight is 346 g/mol. The lowest BCUT2D eigenvalue weighted by atomic mass is 10.0. The standard InChI is InChI=1S/C19H22O4S/c1-13-16(20)18(22-12-14-8-4-2-5-9-14)17(21)19(23-13)24-15-10-6-3-7-11-15/h2-11,13,16-21H,12H2,1H3/t13-,16-,17+,18+,19-/m0/s1. The summed E-state index contributed by atoms with van der Waals surface area (Å²) < 4.78 is 11.6. The van der Waals surface area contributed by atoms with E-state index in [0.717, 1.165) is 10.5 Å². The normalized spacial score (nSPS) is 30.2. The number of rotatable bonds is 5. The van der Waals surface area contributed by atoms with E-state index in [2.05, 4.69) is 0 Å². The Morgan fingerprint density at radius 1 is 0.958 bits per heavy atom. The zero-order chi connectivity index (χ0) is 16.9. The fourth-order valence-electron chi connectivity index (χ4n) is 2.69. The zero-order valence-corrected chi connectivity index (χ0v) is 14.3. The van der Waals surface area contributed by atoms with Crippen molar-refractivity contribution in [1.82, 2.24) is 0 Å². The third-order valence-electron chi connectivity index (χ3n) is 4.06. The second-order valence-corrected chi connectivity index (χ2v) is 7.05. The summed E-state index contributed by atoms with van der Waals surface area (Å²) in [6.07, 6.45) is -2.87. The van der Waals surface area contributed by atoms with Gasteiger partial charge in [-0.2, -0.15) is 0 Å². The highest BCUT2D eigenvalue weighted by Crippen LogP contribution is 2.34. The largest absolute Gasteiger partial charge is 0.388 e. The maximum absolute atomic E-state index is 10.6. The highest BCUT2D eigenvalue weighted by atomic mass is 32.2. The lowest BCUT2D eigenvalue weighted by Crippen LogP contribution is -2.56. The van der Waals surface area contributed by atoms with Gasteiger partial charge in [-0.15, -0.1) is 0 Å². The number of hydrogen-bond donors (Lipinski definition) is 2. The molecule has 1 aliphatic heterocycles. The molecule has 2 N–H and O–H groups in total.